The fourth-order valence-electron chi connectivity index (χ4n) is 2.96. The maximum Gasteiger partial charge on any atom is 0.149 e. The van der Waals surface area contributed by atoms with Crippen LogP contribution in [0.4, 0.5) is 0 Å². The van der Waals surface area contributed by atoms with Crippen molar-refractivity contribution in [3.8, 4) is 11.5 Å². The topological polar surface area (TPSA) is 35.5 Å². The van der Waals surface area contributed by atoms with E-state index in [1.165, 1.54) is 19.3 Å². The summed E-state index contributed by atoms with van der Waals surface area (Å²) in [7, 11) is 3.28. The number of alkyl halides is 1. The van der Waals surface area contributed by atoms with Crippen LogP contribution >= 0.6 is 15.9 Å². The zero-order valence-corrected chi connectivity index (χ0v) is 14.3. The van der Waals surface area contributed by atoms with Crippen LogP contribution in [0.5, 0.6) is 11.5 Å². The molecular formula is C17H23BrO3. The lowest BCUT2D eigenvalue weighted by molar-refractivity contribution is -0.123. The van der Waals surface area contributed by atoms with Crippen LogP contribution in [0.25, 0.3) is 0 Å². The van der Waals surface area contributed by atoms with Gasteiger partial charge in [0.05, 0.1) is 19.0 Å². The maximum absolute atomic E-state index is 12.5. The van der Waals surface area contributed by atoms with Crippen LogP contribution in [-0.4, -0.2) is 24.8 Å². The Morgan fingerprint density at radius 1 is 1.24 bits per heavy atom. The summed E-state index contributed by atoms with van der Waals surface area (Å²) in [6.45, 7) is 0. The molecule has 1 aliphatic carbocycles. The predicted octanol–water partition coefficient (Wildman–Crippen LogP) is 4.16. The van der Waals surface area contributed by atoms with Crippen LogP contribution < -0.4 is 9.47 Å². The van der Waals surface area contributed by atoms with Crippen LogP contribution in [0.3, 0.4) is 0 Å². The van der Waals surface area contributed by atoms with Gasteiger partial charge in [-0.3, -0.25) is 4.79 Å². The molecule has 1 aromatic carbocycles. The molecule has 0 heterocycles. The van der Waals surface area contributed by atoms with E-state index in [0.29, 0.717) is 12.2 Å². The van der Waals surface area contributed by atoms with Crippen molar-refractivity contribution < 1.29 is 14.3 Å². The summed E-state index contributed by atoms with van der Waals surface area (Å²) in [5.74, 6) is 2.11. The zero-order chi connectivity index (χ0) is 15.2. The highest BCUT2D eigenvalue weighted by Gasteiger charge is 2.27. The molecule has 1 atom stereocenters. The molecule has 0 amide bonds. The summed E-state index contributed by atoms with van der Waals surface area (Å²) in [6, 6.07) is 5.74. The van der Waals surface area contributed by atoms with E-state index in [1.54, 1.807) is 14.2 Å². The summed E-state index contributed by atoms with van der Waals surface area (Å²) in [6.07, 6.45) is 6.37. The molecule has 1 aliphatic rings. The number of benzene rings is 1. The molecule has 0 radical (unpaired) electrons. The second kappa shape index (κ2) is 7.83. The summed E-state index contributed by atoms with van der Waals surface area (Å²) in [5, 5.41) is 0. The Morgan fingerprint density at radius 2 is 1.95 bits per heavy atom. The van der Waals surface area contributed by atoms with E-state index in [9.17, 15) is 4.79 Å². The third kappa shape index (κ3) is 4.22. The number of halogens is 1. The molecule has 116 valence electrons. The highest BCUT2D eigenvalue weighted by atomic mass is 79.9. The molecule has 3 nitrogen and oxygen atoms in total. The Balaban J connectivity index is 2.04. The number of rotatable bonds is 6. The van der Waals surface area contributed by atoms with Crippen molar-refractivity contribution in [1.29, 1.82) is 0 Å². The van der Waals surface area contributed by atoms with Crippen molar-refractivity contribution in [3.05, 3.63) is 23.8 Å². The van der Waals surface area contributed by atoms with Crippen LogP contribution in [0.2, 0.25) is 0 Å². The SMILES string of the molecule is COc1ccc(CC(Br)C(=O)C2CCCCC2)c(OC)c1. The van der Waals surface area contributed by atoms with Gasteiger partial charge in [-0.25, -0.2) is 0 Å². The molecule has 2 rings (SSSR count). The first-order valence-corrected chi connectivity index (χ1v) is 8.46. The average molecular weight is 355 g/mol. The van der Waals surface area contributed by atoms with Crippen LogP contribution in [-0.2, 0) is 11.2 Å². The molecule has 1 unspecified atom stereocenters. The van der Waals surface area contributed by atoms with E-state index < -0.39 is 0 Å². The molecule has 21 heavy (non-hydrogen) atoms. The Hall–Kier alpha value is -1.03. The van der Waals surface area contributed by atoms with Gasteiger partial charge in [0.15, 0.2) is 0 Å². The minimum absolute atomic E-state index is 0.136. The number of ether oxygens (including phenoxy) is 2. The quantitative estimate of drug-likeness (QED) is 0.719. The number of ketones is 1. The van der Waals surface area contributed by atoms with Gasteiger partial charge < -0.3 is 9.47 Å². The first-order chi connectivity index (χ1) is 10.2. The molecule has 0 bridgehead atoms. The first kappa shape index (κ1) is 16.3. The van der Waals surface area contributed by atoms with Gasteiger partial charge >= 0.3 is 0 Å². The minimum atomic E-state index is -0.136. The minimum Gasteiger partial charge on any atom is -0.497 e. The van der Waals surface area contributed by atoms with Crippen molar-refractivity contribution >= 4 is 21.7 Å². The van der Waals surface area contributed by atoms with Crippen LogP contribution in [0.15, 0.2) is 18.2 Å². The Labute approximate surface area is 135 Å². The van der Waals surface area contributed by atoms with Crippen molar-refractivity contribution in [2.75, 3.05) is 14.2 Å². The van der Waals surface area contributed by atoms with Gasteiger partial charge in [0, 0.05) is 12.0 Å². The van der Waals surface area contributed by atoms with E-state index in [-0.39, 0.29) is 10.7 Å². The van der Waals surface area contributed by atoms with Gasteiger partial charge in [0.2, 0.25) is 0 Å². The molecule has 0 saturated heterocycles. The van der Waals surface area contributed by atoms with E-state index in [4.69, 9.17) is 9.47 Å². The lowest BCUT2D eigenvalue weighted by atomic mass is 9.84. The number of hydrogen-bond acceptors (Lipinski definition) is 3. The molecule has 0 spiro atoms. The second-order valence-corrected chi connectivity index (χ2v) is 6.69. The number of carbonyl (C=O) groups is 1. The van der Waals surface area contributed by atoms with E-state index >= 15 is 0 Å². The maximum atomic E-state index is 12.5. The molecular weight excluding hydrogens is 332 g/mol. The van der Waals surface area contributed by atoms with Crippen molar-refractivity contribution in [3.63, 3.8) is 0 Å². The molecule has 1 saturated carbocycles. The third-order valence-corrected chi connectivity index (χ3v) is 4.98. The molecule has 0 aromatic heterocycles. The monoisotopic (exact) mass is 354 g/mol. The zero-order valence-electron chi connectivity index (χ0n) is 12.7. The van der Waals surface area contributed by atoms with Gasteiger partial charge in [-0.05, 0) is 30.9 Å². The Morgan fingerprint density at radius 3 is 2.57 bits per heavy atom. The fourth-order valence-corrected chi connectivity index (χ4v) is 3.68. The van der Waals surface area contributed by atoms with Crippen LogP contribution in [0, 0.1) is 5.92 Å². The number of carbonyl (C=O) groups excluding carboxylic acids is 1. The Kier molecular flexibility index (Phi) is 6.09. The number of methoxy groups -OCH3 is 2. The number of Topliss-reactive ketones (excluding diaryl/α,β-unsaturated/α-hetero) is 1. The van der Waals surface area contributed by atoms with Crippen LogP contribution in [0.1, 0.15) is 37.7 Å². The first-order valence-electron chi connectivity index (χ1n) is 7.54. The summed E-state index contributed by atoms with van der Waals surface area (Å²) in [5.41, 5.74) is 1.03. The van der Waals surface area contributed by atoms with E-state index in [2.05, 4.69) is 15.9 Å². The molecule has 0 N–H and O–H groups in total. The van der Waals surface area contributed by atoms with Gasteiger partial charge in [0.1, 0.15) is 17.3 Å². The lowest BCUT2D eigenvalue weighted by Gasteiger charge is -2.23. The van der Waals surface area contributed by atoms with Gasteiger partial charge in [-0.2, -0.15) is 0 Å². The molecule has 1 fully saturated rings. The normalized spacial score (nSPS) is 17.3. The molecule has 0 aliphatic heterocycles. The molecule has 1 aromatic rings. The number of hydrogen-bond donors (Lipinski definition) is 0. The second-order valence-electron chi connectivity index (χ2n) is 5.59. The summed E-state index contributed by atoms with van der Waals surface area (Å²) < 4.78 is 10.6. The highest BCUT2D eigenvalue weighted by Crippen LogP contribution is 2.31. The lowest BCUT2D eigenvalue weighted by Crippen LogP contribution is -2.27. The smallest absolute Gasteiger partial charge is 0.149 e. The van der Waals surface area contributed by atoms with Gasteiger partial charge in [-0.15, -0.1) is 0 Å². The highest BCUT2D eigenvalue weighted by molar-refractivity contribution is 9.10. The third-order valence-electron chi connectivity index (χ3n) is 4.21. The average Bonchev–Trinajstić information content (AvgIpc) is 2.55. The van der Waals surface area contributed by atoms with E-state index in [1.807, 2.05) is 18.2 Å². The van der Waals surface area contributed by atoms with Crippen molar-refractivity contribution in [1.82, 2.24) is 0 Å². The van der Waals surface area contributed by atoms with E-state index in [0.717, 1.165) is 29.9 Å². The van der Waals surface area contributed by atoms with Crippen molar-refractivity contribution in [2.45, 2.75) is 43.4 Å². The molecule has 4 heteroatoms. The summed E-state index contributed by atoms with van der Waals surface area (Å²) in [4.78, 5) is 12.4. The predicted molar refractivity (Wildman–Crippen MR) is 87.5 cm³/mol. The summed E-state index contributed by atoms with van der Waals surface area (Å²) >= 11 is 3.58. The van der Waals surface area contributed by atoms with Crippen molar-refractivity contribution in [2.24, 2.45) is 5.92 Å². The standard InChI is InChI=1S/C17H23BrO3/c1-20-14-9-8-13(16(11-14)21-2)10-15(18)17(19)12-6-4-3-5-7-12/h8-9,11-12,15H,3-7,10H2,1-2H3. The van der Waals surface area contributed by atoms with Gasteiger partial charge in [-0.1, -0.05) is 41.3 Å². The Bertz CT molecular complexity index is 481. The largest absolute Gasteiger partial charge is 0.497 e. The van der Waals surface area contributed by atoms with Gasteiger partial charge in [0.25, 0.3) is 0 Å². The fraction of sp³-hybridized carbons (Fsp3) is 0.588.